The molecule has 0 bridgehead atoms. The summed E-state index contributed by atoms with van der Waals surface area (Å²) in [5.41, 5.74) is 1.19. The molecular formula is C13H10ClNOS. The van der Waals surface area contributed by atoms with Gasteiger partial charge in [-0.25, -0.2) is 0 Å². The predicted molar refractivity (Wildman–Crippen MR) is 70.8 cm³/mol. The third-order valence-electron chi connectivity index (χ3n) is 1.85. The van der Waals surface area contributed by atoms with E-state index in [1.54, 1.807) is 18.2 Å². The van der Waals surface area contributed by atoms with E-state index in [1.807, 2.05) is 6.07 Å². The van der Waals surface area contributed by atoms with Crippen LogP contribution in [0.4, 0.5) is 0 Å². The van der Waals surface area contributed by atoms with Crippen LogP contribution in [0.3, 0.4) is 0 Å². The number of halogens is 1. The Morgan fingerprint density at radius 3 is 2.94 bits per heavy atom. The first-order valence-corrected chi connectivity index (χ1v) is 6.31. The van der Waals surface area contributed by atoms with Gasteiger partial charge in [-0.1, -0.05) is 35.2 Å². The van der Waals surface area contributed by atoms with Crippen molar-refractivity contribution in [1.29, 1.82) is 5.26 Å². The third-order valence-corrected chi connectivity index (χ3v) is 3.00. The second-order valence-corrected chi connectivity index (χ2v) is 4.88. The van der Waals surface area contributed by atoms with Gasteiger partial charge in [0.15, 0.2) is 5.12 Å². The number of hydrogen-bond acceptors (Lipinski definition) is 3. The molecule has 0 amide bonds. The van der Waals surface area contributed by atoms with Gasteiger partial charge < -0.3 is 0 Å². The van der Waals surface area contributed by atoms with Crippen LogP contribution in [0.5, 0.6) is 0 Å². The molecule has 0 radical (unpaired) electrons. The van der Waals surface area contributed by atoms with Crippen molar-refractivity contribution in [2.75, 3.05) is 5.75 Å². The molecule has 17 heavy (non-hydrogen) atoms. The molecule has 0 saturated carbocycles. The highest BCUT2D eigenvalue weighted by atomic mass is 35.5. The van der Waals surface area contributed by atoms with Crippen molar-refractivity contribution in [3.63, 3.8) is 0 Å². The van der Waals surface area contributed by atoms with Crippen molar-refractivity contribution in [2.24, 2.45) is 0 Å². The van der Waals surface area contributed by atoms with Gasteiger partial charge in [-0.05, 0) is 18.2 Å². The molecule has 0 unspecified atom stereocenters. The number of thioether (sulfide) groups is 1. The summed E-state index contributed by atoms with van der Waals surface area (Å²) in [6.07, 6.45) is 0.622. The van der Waals surface area contributed by atoms with Gasteiger partial charge in [-0.15, -0.1) is 0 Å². The molecule has 86 valence electrons. The SMILES string of the molecule is CC(=O)SCCC#Cc1cc(C#N)ccc1Cl. The standard InChI is InChI=1S/C13H10ClNOS/c1-10(16)17-7-3-2-4-12-8-11(9-15)5-6-13(12)14/h5-6,8H,3,7H2,1H3. The van der Waals surface area contributed by atoms with Crippen LogP contribution < -0.4 is 0 Å². The van der Waals surface area contributed by atoms with Crippen LogP contribution >= 0.6 is 23.4 Å². The first kappa shape index (κ1) is 13.6. The summed E-state index contributed by atoms with van der Waals surface area (Å²) in [6, 6.07) is 7.01. The fourth-order valence-corrected chi connectivity index (χ4v) is 1.75. The van der Waals surface area contributed by atoms with E-state index in [-0.39, 0.29) is 5.12 Å². The Balaban J connectivity index is 2.65. The monoisotopic (exact) mass is 263 g/mol. The first-order valence-electron chi connectivity index (χ1n) is 4.95. The maximum Gasteiger partial charge on any atom is 0.185 e. The number of carbonyl (C=O) groups excluding carboxylic acids is 1. The minimum absolute atomic E-state index is 0.0938. The molecule has 0 aromatic heterocycles. The Morgan fingerprint density at radius 2 is 2.29 bits per heavy atom. The van der Waals surface area contributed by atoms with Crippen molar-refractivity contribution < 1.29 is 4.79 Å². The van der Waals surface area contributed by atoms with Gasteiger partial charge in [0, 0.05) is 24.7 Å². The summed E-state index contributed by atoms with van der Waals surface area (Å²) >= 11 is 7.20. The lowest BCUT2D eigenvalue weighted by Gasteiger charge is -1.95. The van der Waals surface area contributed by atoms with Gasteiger partial charge >= 0.3 is 0 Å². The van der Waals surface area contributed by atoms with E-state index in [9.17, 15) is 4.79 Å². The fourth-order valence-electron chi connectivity index (χ4n) is 1.09. The molecule has 4 heteroatoms. The lowest BCUT2D eigenvalue weighted by Crippen LogP contribution is -1.84. The van der Waals surface area contributed by atoms with E-state index in [1.165, 1.54) is 18.7 Å². The molecule has 0 saturated heterocycles. The van der Waals surface area contributed by atoms with Crippen molar-refractivity contribution in [2.45, 2.75) is 13.3 Å². The van der Waals surface area contributed by atoms with E-state index in [4.69, 9.17) is 16.9 Å². The highest BCUT2D eigenvalue weighted by Crippen LogP contribution is 2.16. The Hall–Kier alpha value is -1.42. The average molecular weight is 264 g/mol. The van der Waals surface area contributed by atoms with Crippen molar-refractivity contribution in [3.8, 4) is 17.9 Å². The van der Waals surface area contributed by atoms with Gasteiger partial charge in [0.2, 0.25) is 0 Å². The summed E-state index contributed by atoms with van der Waals surface area (Å²) in [5, 5.41) is 9.37. The Bertz CT molecular complexity index is 522. The number of nitriles is 1. The molecule has 1 aromatic carbocycles. The molecule has 0 aliphatic heterocycles. The Kier molecular flexibility index (Phi) is 5.63. The zero-order valence-electron chi connectivity index (χ0n) is 9.29. The third kappa shape index (κ3) is 4.95. The van der Waals surface area contributed by atoms with Crippen molar-refractivity contribution in [1.82, 2.24) is 0 Å². The van der Waals surface area contributed by atoms with Crippen LogP contribution in [-0.4, -0.2) is 10.9 Å². The van der Waals surface area contributed by atoms with E-state index in [0.29, 0.717) is 28.3 Å². The summed E-state index contributed by atoms with van der Waals surface area (Å²) in [6.45, 7) is 1.53. The van der Waals surface area contributed by atoms with Crippen LogP contribution in [0.25, 0.3) is 0 Å². The van der Waals surface area contributed by atoms with E-state index >= 15 is 0 Å². The minimum atomic E-state index is 0.0938. The lowest BCUT2D eigenvalue weighted by atomic mass is 10.1. The second-order valence-electron chi connectivity index (χ2n) is 3.20. The van der Waals surface area contributed by atoms with Crippen LogP contribution in [0.1, 0.15) is 24.5 Å². The predicted octanol–water partition coefficient (Wildman–Crippen LogP) is 3.23. The Labute approximate surface area is 110 Å². The smallest absolute Gasteiger partial charge is 0.185 e. The molecule has 1 aromatic rings. The van der Waals surface area contributed by atoms with E-state index in [2.05, 4.69) is 11.8 Å². The number of nitrogens with zero attached hydrogens (tertiary/aromatic N) is 1. The molecule has 0 heterocycles. The zero-order chi connectivity index (χ0) is 12.7. The van der Waals surface area contributed by atoms with Gasteiger partial charge in [-0.3, -0.25) is 4.79 Å². The first-order chi connectivity index (χ1) is 8.13. The highest BCUT2D eigenvalue weighted by molar-refractivity contribution is 8.13. The largest absolute Gasteiger partial charge is 0.288 e. The summed E-state index contributed by atoms with van der Waals surface area (Å²) < 4.78 is 0. The quantitative estimate of drug-likeness (QED) is 0.608. The minimum Gasteiger partial charge on any atom is -0.288 e. The van der Waals surface area contributed by atoms with Crippen molar-refractivity contribution >= 4 is 28.5 Å². The lowest BCUT2D eigenvalue weighted by molar-refractivity contribution is -0.109. The highest BCUT2D eigenvalue weighted by Gasteiger charge is 1.98. The molecule has 0 atom stereocenters. The molecule has 0 N–H and O–H groups in total. The molecular weight excluding hydrogens is 254 g/mol. The number of hydrogen-bond donors (Lipinski definition) is 0. The number of carbonyl (C=O) groups is 1. The average Bonchev–Trinajstić information content (AvgIpc) is 2.30. The molecule has 2 nitrogen and oxygen atoms in total. The van der Waals surface area contributed by atoms with Gasteiger partial charge in [0.05, 0.1) is 16.7 Å². The summed E-state index contributed by atoms with van der Waals surface area (Å²) in [5.74, 6) is 6.51. The summed E-state index contributed by atoms with van der Waals surface area (Å²) in [7, 11) is 0. The van der Waals surface area contributed by atoms with E-state index < -0.39 is 0 Å². The summed E-state index contributed by atoms with van der Waals surface area (Å²) in [4.78, 5) is 10.7. The van der Waals surface area contributed by atoms with Gasteiger partial charge in [0.1, 0.15) is 0 Å². The van der Waals surface area contributed by atoms with Gasteiger partial charge in [-0.2, -0.15) is 5.26 Å². The normalized spacial score (nSPS) is 9.00. The van der Waals surface area contributed by atoms with Crippen LogP contribution in [0.15, 0.2) is 18.2 Å². The molecule has 0 aliphatic rings. The van der Waals surface area contributed by atoms with Crippen LogP contribution in [-0.2, 0) is 4.79 Å². The maximum absolute atomic E-state index is 10.7. The second kappa shape index (κ2) is 7.01. The Morgan fingerprint density at radius 1 is 1.53 bits per heavy atom. The van der Waals surface area contributed by atoms with Gasteiger partial charge in [0.25, 0.3) is 0 Å². The fraction of sp³-hybridized carbons (Fsp3) is 0.231. The number of rotatable bonds is 2. The van der Waals surface area contributed by atoms with Crippen LogP contribution in [0.2, 0.25) is 5.02 Å². The number of benzene rings is 1. The van der Waals surface area contributed by atoms with Crippen molar-refractivity contribution in [3.05, 3.63) is 34.3 Å². The maximum atomic E-state index is 10.7. The molecule has 1 rings (SSSR count). The molecule has 0 fully saturated rings. The zero-order valence-corrected chi connectivity index (χ0v) is 10.9. The molecule has 0 spiro atoms. The molecule has 0 aliphatic carbocycles. The van der Waals surface area contributed by atoms with Crippen LogP contribution in [0, 0.1) is 23.2 Å². The van der Waals surface area contributed by atoms with E-state index in [0.717, 1.165) is 0 Å². The topological polar surface area (TPSA) is 40.9 Å².